The molecule has 1 saturated heterocycles. The lowest BCUT2D eigenvalue weighted by Crippen LogP contribution is -2.26. The van der Waals surface area contributed by atoms with Crippen LogP contribution in [0.4, 0.5) is 11.5 Å². The van der Waals surface area contributed by atoms with E-state index in [0.29, 0.717) is 32.9 Å². The topological polar surface area (TPSA) is 69.2 Å². The molecule has 1 aliphatic heterocycles. The number of thioether (sulfide) groups is 1. The fourth-order valence-corrected chi connectivity index (χ4v) is 7.33. The zero-order chi connectivity index (χ0) is 26.3. The van der Waals surface area contributed by atoms with E-state index in [4.69, 9.17) is 28.1 Å². The minimum absolute atomic E-state index is 0.236. The molecule has 6 nitrogen and oxygen atoms in total. The SMILES string of the molecule is [C-]#[N+]c1c(NCCN2CCCC2)nc(SCc2csc(-c3ccc(Cl)cc3)n2)c(C#N)c1C1CCCCC1. The summed E-state index contributed by atoms with van der Waals surface area (Å²) in [5.74, 6) is 1.47. The second-order valence-electron chi connectivity index (χ2n) is 9.88. The molecule has 2 fully saturated rings. The average Bonchev–Trinajstić information content (AvgIpc) is 3.65. The number of pyridine rings is 1. The first kappa shape index (κ1) is 27.0. The van der Waals surface area contributed by atoms with Gasteiger partial charge in [-0.05, 0) is 62.4 Å². The molecule has 0 bridgehead atoms. The van der Waals surface area contributed by atoms with Crippen molar-refractivity contribution < 1.29 is 0 Å². The van der Waals surface area contributed by atoms with Crippen molar-refractivity contribution >= 4 is 46.2 Å². The molecule has 0 radical (unpaired) electrons. The lowest BCUT2D eigenvalue weighted by molar-refractivity contribution is 0.352. The molecule has 1 aliphatic carbocycles. The van der Waals surface area contributed by atoms with E-state index in [9.17, 15) is 5.26 Å². The molecule has 0 amide bonds. The van der Waals surface area contributed by atoms with Gasteiger partial charge in [0.2, 0.25) is 5.69 Å². The Balaban J connectivity index is 1.41. The van der Waals surface area contributed by atoms with E-state index in [-0.39, 0.29) is 5.92 Å². The molecule has 2 aromatic heterocycles. The van der Waals surface area contributed by atoms with Gasteiger partial charge in [-0.2, -0.15) is 5.26 Å². The van der Waals surface area contributed by atoms with E-state index in [1.165, 1.54) is 19.3 Å². The van der Waals surface area contributed by atoms with Crippen molar-refractivity contribution in [3.05, 3.63) is 62.9 Å². The van der Waals surface area contributed by atoms with Gasteiger partial charge in [0.1, 0.15) is 21.9 Å². The van der Waals surface area contributed by atoms with E-state index in [2.05, 4.69) is 26.5 Å². The van der Waals surface area contributed by atoms with Crippen LogP contribution in [-0.2, 0) is 5.75 Å². The first-order valence-corrected chi connectivity index (χ1v) is 15.6. The van der Waals surface area contributed by atoms with Gasteiger partial charge in [0.05, 0.1) is 17.8 Å². The largest absolute Gasteiger partial charge is 0.377 e. The molecule has 38 heavy (non-hydrogen) atoms. The lowest BCUT2D eigenvalue weighted by atomic mass is 9.82. The van der Waals surface area contributed by atoms with Crippen LogP contribution >= 0.6 is 34.7 Å². The Kier molecular flexibility index (Phi) is 9.19. The number of nitrogens with one attached hydrogen (secondary N) is 1. The van der Waals surface area contributed by atoms with Crippen molar-refractivity contribution in [3.63, 3.8) is 0 Å². The average molecular weight is 563 g/mol. The van der Waals surface area contributed by atoms with Crippen LogP contribution in [0.5, 0.6) is 0 Å². The van der Waals surface area contributed by atoms with Gasteiger partial charge in [-0.1, -0.05) is 54.8 Å². The highest BCUT2D eigenvalue weighted by atomic mass is 35.5. The molecule has 1 N–H and O–H groups in total. The normalized spacial score (nSPS) is 16.3. The van der Waals surface area contributed by atoms with Crippen LogP contribution in [0.2, 0.25) is 5.02 Å². The van der Waals surface area contributed by atoms with Crippen molar-refractivity contribution in [2.24, 2.45) is 0 Å². The monoisotopic (exact) mass is 562 g/mol. The molecule has 0 spiro atoms. The Labute approximate surface area is 238 Å². The maximum Gasteiger partial charge on any atom is 0.232 e. The van der Waals surface area contributed by atoms with E-state index < -0.39 is 0 Å². The lowest BCUT2D eigenvalue weighted by Gasteiger charge is -2.26. The summed E-state index contributed by atoms with van der Waals surface area (Å²) < 4.78 is 0. The molecule has 1 saturated carbocycles. The van der Waals surface area contributed by atoms with Crippen LogP contribution in [0.15, 0.2) is 34.7 Å². The van der Waals surface area contributed by atoms with Gasteiger partial charge in [-0.3, -0.25) is 0 Å². The van der Waals surface area contributed by atoms with E-state index in [1.54, 1.807) is 23.1 Å². The van der Waals surface area contributed by atoms with Crippen molar-refractivity contribution in [1.29, 1.82) is 5.26 Å². The molecule has 1 aromatic carbocycles. The van der Waals surface area contributed by atoms with Crippen LogP contribution in [0.25, 0.3) is 15.4 Å². The zero-order valence-corrected chi connectivity index (χ0v) is 23.8. The second-order valence-corrected chi connectivity index (χ2v) is 12.1. The molecule has 196 valence electrons. The Hall–Kier alpha value is -2.62. The number of halogens is 1. The fraction of sp³-hybridized carbons (Fsp3) is 0.448. The molecule has 0 atom stereocenters. The van der Waals surface area contributed by atoms with Crippen molar-refractivity contribution in [2.75, 3.05) is 31.5 Å². The molecule has 3 aromatic rings. The summed E-state index contributed by atoms with van der Waals surface area (Å²) >= 11 is 9.18. The zero-order valence-electron chi connectivity index (χ0n) is 21.4. The summed E-state index contributed by atoms with van der Waals surface area (Å²) in [7, 11) is 0. The number of likely N-dealkylation sites (tertiary alicyclic amines) is 1. The maximum absolute atomic E-state index is 10.3. The summed E-state index contributed by atoms with van der Waals surface area (Å²) in [5.41, 5.74) is 4.01. The highest BCUT2D eigenvalue weighted by molar-refractivity contribution is 7.98. The highest BCUT2D eigenvalue weighted by Gasteiger charge is 2.28. The Bertz CT molecular complexity index is 1330. The molecular weight excluding hydrogens is 532 g/mol. The number of anilines is 1. The number of nitriles is 1. The minimum atomic E-state index is 0.236. The number of thiazole rings is 1. The van der Waals surface area contributed by atoms with Crippen LogP contribution < -0.4 is 5.32 Å². The number of aromatic nitrogens is 2. The number of benzene rings is 1. The quantitative estimate of drug-likeness (QED) is 0.210. The molecule has 3 heterocycles. The number of hydrogen-bond acceptors (Lipinski definition) is 7. The molecular formula is C29H31ClN6S2. The third kappa shape index (κ3) is 6.33. The molecule has 9 heteroatoms. The van der Waals surface area contributed by atoms with Gasteiger partial charge < -0.3 is 10.2 Å². The van der Waals surface area contributed by atoms with E-state index in [1.807, 2.05) is 24.3 Å². The second kappa shape index (κ2) is 13.0. The standard InChI is InChI=1S/C29H31ClN6S2/c1-32-26-25(20-7-3-2-4-8-20)24(17-31)29(35-27(26)33-13-16-36-14-5-6-15-36)38-19-23-18-37-28(34-23)21-9-11-22(30)12-10-21/h9-12,18,20H,2-8,13-16,19H2,(H,33,35). The van der Waals surface area contributed by atoms with Crippen LogP contribution in [0.3, 0.4) is 0 Å². The molecule has 0 unspecified atom stereocenters. The Morgan fingerprint density at radius 3 is 2.61 bits per heavy atom. The minimum Gasteiger partial charge on any atom is -0.377 e. The first-order valence-electron chi connectivity index (χ1n) is 13.3. The van der Waals surface area contributed by atoms with E-state index in [0.717, 1.165) is 73.7 Å². The third-order valence-corrected chi connectivity index (χ3v) is 9.53. The van der Waals surface area contributed by atoms with Gasteiger partial charge in [-0.25, -0.2) is 14.8 Å². The summed E-state index contributed by atoms with van der Waals surface area (Å²) in [6, 6.07) is 10.2. The van der Waals surface area contributed by atoms with Gasteiger partial charge in [0, 0.05) is 34.8 Å². The van der Waals surface area contributed by atoms with Crippen LogP contribution in [0, 0.1) is 17.9 Å². The Morgan fingerprint density at radius 1 is 1.13 bits per heavy atom. The molecule has 5 rings (SSSR count). The number of hydrogen-bond donors (Lipinski definition) is 1. The Morgan fingerprint density at radius 2 is 1.89 bits per heavy atom. The third-order valence-electron chi connectivity index (χ3n) is 7.33. The van der Waals surface area contributed by atoms with Crippen molar-refractivity contribution in [2.45, 2.75) is 61.6 Å². The maximum atomic E-state index is 10.3. The summed E-state index contributed by atoms with van der Waals surface area (Å²) in [4.78, 5) is 16.1. The predicted molar refractivity (Wildman–Crippen MR) is 157 cm³/mol. The predicted octanol–water partition coefficient (Wildman–Crippen LogP) is 8.13. The molecule has 2 aliphatic rings. The number of rotatable bonds is 9. The summed E-state index contributed by atoms with van der Waals surface area (Å²) in [6.45, 7) is 12.0. The van der Waals surface area contributed by atoms with Gasteiger partial charge in [-0.15, -0.1) is 11.3 Å². The van der Waals surface area contributed by atoms with Crippen LogP contribution in [-0.4, -0.2) is 41.0 Å². The summed E-state index contributed by atoms with van der Waals surface area (Å²) in [6.07, 6.45) is 8.06. The highest BCUT2D eigenvalue weighted by Crippen LogP contribution is 2.45. The number of nitrogens with zero attached hydrogens (tertiary/aromatic N) is 5. The fourth-order valence-electron chi connectivity index (χ4n) is 5.39. The first-order chi connectivity index (χ1) is 18.7. The van der Waals surface area contributed by atoms with Gasteiger partial charge >= 0.3 is 0 Å². The van der Waals surface area contributed by atoms with E-state index >= 15 is 0 Å². The van der Waals surface area contributed by atoms with Gasteiger partial charge in [0.15, 0.2) is 0 Å². The summed E-state index contributed by atoms with van der Waals surface area (Å²) in [5, 5.41) is 18.2. The van der Waals surface area contributed by atoms with Crippen LogP contribution in [0.1, 0.15) is 67.7 Å². The van der Waals surface area contributed by atoms with Gasteiger partial charge in [0.25, 0.3) is 0 Å². The van der Waals surface area contributed by atoms with Crippen molar-refractivity contribution in [1.82, 2.24) is 14.9 Å². The van der Waals surface area contributed by atoms with Crippen molar-refractivity contribution in [3.8, 4) is 16.6 Å². The smallest absolute Gasteiger partial charge is 0.232 e.